The second-order valence-electron chi connectivity index (χ2n) is 4.62. The Morgan fingerprint density at radius 2 is 1.72 bits per heavy atom. The van der Waals surface area contributed by atoms with Gasteiger partial charge < -0.3 is 4.90 Å². The highest BCUT2D eigenvalue weighted by atomic mass is 19.1. The van der Waals surface area contributed by atoms with Crippen LogP contribution < -0.4 is 10.4 Å². The summed E-state index contributed by atoms with van der Waals surface area (Å²) in [7, 11) is 2.06. The van der Waals surface area contributed by atoms with Gasteiger partial charge in [-0.05, 0) is 33.7 Å². The average Bonchev–Trinajstić information content (AvgIpc) is 2.38. The first kappa shape index (κ1) is 11.0. The Morgan fingerprint density at radius 1 is 1.00 bits per heavy atom. The Morgan fingerprint density at radius 3 is 2.50 bits per heavy atom. The Balaban J connectivity index is 2.28. The molecule has 18 heavy (non-hydrogen) atoms. The van der Waals surface area contributed by atoms with Crippen LogP contribution >= 0.6 is 0 Å². The lowest BCUT2D eigenvalue weighted by Crippen LogP contribution is -2.37. The Bertz CT molecular complexity index is 686. The van der Waals surface area contributed by atoms with Gasteiger partial charge in [0.15, 0.2) is 0 Å². The third kappa shape index (κ3) is 1.90. The smallest absolute Gasteiger partial charge is 0.123 e. The maximum atomic E-state index is 13.0. The zero-order chi connectivity index (χ0) is 12.5. The minimum atomic E-state index is -0.191. The second-order valence-corrected chi connectivity index (χ2v) is 4.62. The van der Waals surface area contributed by atoms with Gasteiger partial charge >= 0.3 is 0 Å². The third-order valence-electron chi connectivity index (χ3n) is 3.25. The van der Waals surface area contributed by atoms with Crippen LogP contribution in [-0.4, -0.2) is 18.5 Å². The Labute approximate surface area is 105 Å². The molecule has 0 atom stereocenters. The van der Waals surface area contributed by atoms with Crippen molar-refractivity contribution >= 4 is 11.8 Å². The molecule has 2 aromatic carbocycles. The van der Waals surface area contributed by atoms with Crippen molar-refractivity contribution in [1.82, 2.24) is 4.90 Å². The van der Waals surface area contributed by atoms with Gasteiger partial charge in [-0.25, -0.2) is 4.39 Å². The molecular formula is C16H14FN. The van der Waals surface area contributed by atoms with E-state index in [1.165, 1.54) is 28.1 Å². The minimum absolute atomic E-state index is 0.191. The highest BCUT2D eigenvalue weighted by Crippen LogP contribution is 2.14. The largest absolute Gasteiger partial charge is 0.376 e. The SMILES string of the molecule is CN1C=c2ccccc2=C(c2ccc(F)cc2)C1. The van der Waals surface area contributed by atoms with Crippen LogP contribution in [0.15, 0.2) is 48.5 Å². The first-order valence-electron chi connectivity index (χ1n) is 6.00. The molecule has 0 aromatic heterocycles. The van der Waals surface area contributed by atoms with E-state index < -0.39 is 0 Å². The number of halogens is 1. The van der Waals surface area contributed by atoms with E-state index in [-0.39, 0.29) is 5.82 Å². The van der Waals surface area contributed by atoms with Gasteiger partial charge in [0.25, 0.3) is 0 Å². The maximum absolute atomic E-state index is 13.0. The molecule has 2 aromatic rings. The molecular weight excluding hydrogens is 225 g/mol. The molecule has 0 saturated heterocycles. The summed E-state index contributed by atoms with van der Waals surface area (Å²) in [5.41, 5.74) is 2.33. The summed E-state index contributed by atoms with van der Waals surface area (Å²) in [6.45, 7) is 0.850. The second kappa shape index (κ2) is 4.30. The highest BCUT2D eigenvalue weighted by molar-refractivity contribution is 5.68. The molecule has 0 spiro atoms. The molecule has 0 aliphatic carbocycles. The molecule has 1 aliphatic rings. The number of fused-ring (bicyclic) bond motifs is 1. The Kier molecular flexibility index (Phi) is 2.63. The van der Waals surface area contributed by atoms with Crippen molar-refractivity contribution in [3.8, 4) is 0 Å². The van der Waals surface area contributed by atoms with E-state index in [9.17, 15) is 4.39 Å². The average molecular weight is 239 g/mol. The standard InChI is InChI=1S/C16H14FN/c1-18-10-13-4-2-3-5-15(13)16(11-18)12-6-8-14(17)9-7-12/h2-10H,11H2,1H3. The molecule has 0 saturated carbocycles. The van der Waals surface area contributed by atoms with Gasteiger partial charge in [0, 0.05) is 19.8 Å². The van der Waals surface area contributed by atoms with Gasteiger partial charge in [0.1, 0.15) is 5.82 Å². The van der Waals surface area contributed by atoms with Crippen LogP contribution in [0.5, 0.6) is 0 Å². The fraction of sp³-hybridized carbons (Fsp3) is 0.125. The predicted molar refractivity (Wildman–Crippen MR) is 71.7 cm³/mol. The zero-order valence-electron chi connectivity index (χ0n) is 10.2. The van der Waals surface area contributed by atoms with Crippen molar-refractivity contribution in [2.24, 2.45) is 0 Å². The van der Waals surface area contributed by atoms with Crippen molar-refractivity contribution in [2.75, 3.05) is 13.6 Å². The molecule has 0 amide bonds. The molecule has 1 nitrogen and oxygen atoms in total. The highest BCUT2D eigenvalue weighted by Gasteiger charge is 2.09. The van der Waals surface area contributed by atoms with Crippen LogP contribution in [0.1, 0.15) is 5.56 Å². The zero-order valence-corrected chi connectivity index (χ0v) is 10.2. The van der Waals surface area contributed by atoms with Crippen LogP contribution in [-0.2, 0) is 0 Å². The van der Waals surface area contributed by atoms with E-state index in [4.69, 9.17) is 0 Å². The topological polar surface area (TPSA) is 3.24 Å². The van der Waals surface area contributed by atoms with Gasteiger partial charge in [-0.15, -0.1) is 0 Å². The molecule has 0 fully saturated rings. The van der Waals surface area contributed by atoms with Crippen LogP contribution in [0.3, 0.4) is 0 Å². The molecule has 1 heterocycles. The molecule has 2 heteroatoms. The summed E-state index contributed by atoms with van der Waals surface area (Å²) in [5, 5.41) is 2.45. The van der Waals surface area contributed by atoms with Gasteiger partial charge in [-0.3, -0.25) is 0 Å². The van der Waals surface area contributed by atoms with Gasteiger partial charge in [-0.1, -0.05) is 36.4 Å². The molecule has 0 unspecified atom stereocenters. The van der Waals surface area contributed by atoms with E-state index >= 15 is 0 Å². The summed E-state index contributed by atoms with van der Waals surface area (Å²) in [4.78, 5) is 2.15. The summed E-state index contributed by atoms with van der Waals surface area (Å²) >= 11 is 0. The van der Waals surface area contributed by atoms with Crippen LogP contribution in [0, 0.1) is 5.82 Å². The molecule has 0 bridgehead atoms. The number of likely N-dealkylation sites (N-methyl/N-ethyl adjacent to an activating group) is 1. The number of hydrogen-bond acceptors (Lipinski definition) is 1. The normalized spacial score (nSPS) is 14.1. The Hall–Kier alpha value is -2.09. The number of benzene rings is 2. The van der Waals surface area contributed by atoms with Crippen molar-refractivity contribution in [2.45, 2.75) is 0 Å². The first-order chi connectivity index (χ1) is 8.74. The van der Waals surface area contributed by atoms with Gasteiger partial charge in [0.05, 0.1) is 0 Å². The fourth-order valence-corrected chi connectivity index (χ4v) is 2.40. The number of rotatable bonds is 1. The summed E-state index contributed by atoms with van der Waals surface area (Å²) in [5.74, 6) is -0.191. The maximum Gasteiger partial charge on any atom is 0.123 e. The monoisotopic (exact) mass is 239 g/mol. The number of hydrogen-bond donors (Lipinski definition) is 0. The minimum Gasteiger partial charge on any atom is -0.376 e. The lowest BCUT2D eigenvalue weighted by Gasteiger charge is -2.21. The van der Waals surface area contributed by atoms with E-state index in [0.717, 1.165) is 12.1 Å². The van der Waals surface area contributed by atoms with E-state index in [0.29, 0.717) is 0 Å². The van der Waals surface area contributed by atoms with Crippen LogP contribution in [0.2, 0.25) is 0 Å². The molecule has 1 aliphatic heterocycles. The molecule has 3 rings (SSSR count). The lowest BCUT2D eigenvalue weighted by molar-refractivity contribution is 0.556. The predicted octanol–water partition coefficient (Wildman–Crippen LogP) is 1.71. The van der Waals surface area contributed by atoms with Gasteiger partial charge in [-0.2, -0.15) is 0 Å². The van der Waals surface area contributed by atoms with Crippen molar-refractivity contribution in [3.05, 3.63) is 70.3 Å². The summed E-state index contributed by atoms with van der Waals surface area (Å²) in [6, 6.07) is 15.0. The molecule has 0 N–H and O–H groups in total. The summed E-state index contributed by atoms with van der Waals surface area (Å²) < 4.78 is 13.0. The van der Waals surface area contributed by atoms with Crippen LogP contribution in [0.4, 0.5) is 4.39 Å². The van der Waals surface area contributed by atoms with Crippen molar-refractivity contribution < 1.29 is 4.39 Å². The molecule has 90 valence electrons. The van der Waals surface area contributed by atoms with E-state index in [1.807, 2.05) is 24.3 Å². The van der Waals surface area contributed by atoms with Crippen molar-refractivity contribution in [1.29, 1.82) is 0 Å². The van der Waals surface area contributed by atoms with Gasteiger partial charge in [0.2, 0.25) is 0 Å². The number of nitrogens with zero attached hydrogens (tertiary/aromatic N) is 1. The fourth-order valence-electron chi connectivity index (χ4n) is 2.40. The van der Waals surface area contributed by atoms with Crippen LogP contribution in [0.25, 0.3) is 11.8 Å². The summed E-state index contributed by atoms with van der Waals surface area (Å²) in [6.07, 6.45) is 2.14. The van der Waals surface area contributed by atoms with E-state index in [1.54, 1.807) is 0 Å². The third-order valence-corrected chi connectivity index (χ3v) is 3.25. The van der Waals surface area contributed by atoms with E-state index in [2.05, 4.69) is 30.3 Å². The van der Waals surface area contributed by atoms with Crippen molar-refractivity contribution in [3.63, 3.8) is 0 Å². The first-order valence-corrected chi connectivity index (χ1v) is 6.00. The molecule has 0 radical (unpaired) electrons. The lowest BCUT2D eigenvalue weighted by atomic mass is 9.99. The quantitative estimate of drug-likeness (QED) is 0.732.